The summed E-state index contributed by atoms with van der Waals surface area (Å²) in [6, 6.07) is 9.15. The molecule has 1 fully saturated rings. The number of rotatable bonds is 4. The molecule has 0 spiro atoms. The topological polar surface area (TPSA) is 43.7 Å². The molecule has 0 atom stereocenters. The van der Waals surface area contributed by atoms with Crippen molar-refractivity contribution in [3.05, 3.63) is 47.1 Å². The van der Waals surface area contributed by atoms with Crippen LogP contribution in [-0.2, 0) is 11.8 Å². The zero-order valence-corrected chi connectivity index (χ0v) is 15.1. The number of hydrogen-bond acceptors (Lipinski definition) is 5. The number of nitrogens with zero attached hydrogens (tertiary/aromatic N) is 2. The van der Waals surface area contributed by atoms with Gasteiger partial charge in [0.1, 0.15) is 11.5 Å². The lowest BCUT2D eigenvalue weighted by atomic mass is 10.2. The number of aryl methyl sites for hydroxylation is 1. The largest absolute Gasteiger partial charge is 0.497 e. The molecule has 0 saturated carbocycles. The Labute approximate surface area is 149 Å². The molecule has 1 amide bonds. The molecular weight excluding hydrogens is 344 g/mol. The fourth-order valence-corrected chi connectivity index (χ4v) is 3.67. The van der Waals surface area contributed by atoms with Crippen molar-refractivity contribution >= 4 is 46.0 Å². The quantitative estimate of drug-likeness (QED) is 0.617. The number of anilines is 1. The van der Waals surface area contributed by atoms with Crippen LogP contribution in [0.25, 0.3) is 6.08 Å². The van der Waals surface area contributed by atoms with E-state index < -0.39 is 0 Å². The smallest absolute Gasteiger partial charge is 0.270 e. The molecule has 24 heavy (non-hydrogen) atoms. The Bertz CT molecular complexity index is 842. The zero-order valence-electron chi connectivity index (χ0n) is 13.5. The summed E-state index contributed by atoms with van der Waals surface area (Å²) in [5.41, 5.74) is 1.55. The van der Waals surface area contributed by atoms with Crippen molar-refractivity contribution in [2.45, 2.75) is 0 Å². The van der Waals surface area contributed by atoms with Crippen LogP contribution in [0.2, 0.25) is 0 Å². The van der Waals surface area contributed by atoms with E-state index in [-0.39, 0.29) is 5.91 Å². The molecule has 5 nitrogen and oxygen atoms in total. The second kappa shape index (κ2) is 6.70. The fraction of sp³-hybridized carbons (Fsp3) is 0.176. The number of thioether (sulfide) groups is 1. The van der Waals surface area contributed by atoms with Gasteiger partial charge in [-0.2, -0.15) is 0 Å². The number of ether oxygens (including phenoxy) is 2. The molecule has 2 heterocycles. The summed E-state index contributed by atoms with van der Waals surface area (Å²) < 4.78 is 13.0. The van der Waals surface area contributed by atoms with Crippen molar-refractivity contribution in [2.75, 3.05) is 19.1 Å². The molecule has 0 bridgehead atoms. The van der Waals surface area contributed by atoms with Crippen LogP contribution in [0.4, 0.5) is 5.69 Å². The first kappa shape index (κ1) is 16.6. The fourth-order valence-electron chi connectivity index (χ4n) is 2.40. The van der Waals surface area contributed by atoms with Crippen LogP contribution in [0.5, 0.6) is 11.5 Å². The Kier molecular flexibility index (Phi) is 4.64. The van der Waals surface area contributed by atoms with Gasteiger partial charge in [-0.15, -0.1) is 0 Å². The van der Waals surface area contributed by atoms with Crippen molar-refractivity contribution in [3.63, 3.8) is 0 Å². The van der Waals surface area contributed by atoms with Gasteiger partial charge in [0.2, 0.25) is 0 Å². The number of methoxy groups -OCH3 is 2. The van der Waals surface area contributed by atoms with Gasteiger partial charge in [0.05, 0.1) is 24.8 Å². The van der Waals surface area contributed by atoms with Crippen LogP contribution in [0, 0.1) is 0 Å². The van der Waals surface area contributed by atoms with Crippen molar-refractivity contribution in [1.82, 2.24) is 4.57 Å². The van der Waals surface area contributed by atoms with Crippen LogP contribution >= 0.6 is 24.0 Å². The van der Waals surface area contributed by atoms with Crippen LogP contribution < -0.4 is 14.4 Å². The van der Waals surface area contributed by atoms with E-state index in [9.17, 15) is 4.79 Å². The van der Waals surface area contributed by atoms with Gasteiger partial charge in [-0.3, -0.25) is 9.69 Å². The maximum absolute atomic E-state index is 12.8. The summed E-state index contributed by atoms with van der Waals surface area (Å²) in [4.78, 5) is 14.9. The van der Waals surface area contributed by atoms with Gasteiger partial charge in [-0.05, 0) is 30.3 Å². The molecule has 1 aromatic heterocycles. The lowest BCUT2D eigenvalue weighted by Gasteiger charge is -2.18. The number of benzene rings is 1. The highest BCUT2D eigenvalue weighted by molar-refractivity contribution is 8.27. The molecule has 0 N–H and O–H groups in total. The van der Waals surface area contributed by atoms with E-state index in [0.29, 0.717) is 26.4 Å². The Hall–Kier alpha value is -2.25. The predicted octanol–water partition coefficient (Wildman–Crippen LogP) is 3.45. The molecule has 1 aliphatic rings. The molecule has 0 unspecified atom stereocenters. The Morgan fingerprint density at radius 1 is 1.21 bits per heavy atom. The molecule has 1 aliphatic heterocycles. The van der Waals surface area contributed by atoms with Gasteiger partial charge in [0, 0.05) is 25.0 Å². The maximum Gasteiger partial charge on any atom is 0.270 e. The van der Waals surface area contributed by atoms with Crippen LogP contribution in [0.3, 0.4) is 0 Å². The third-order valence-electron chi connectivity index (χ3n) is 3.68. The van der Waals surface area contributed by atoms with E-state index in [2.05, 4.69) is 0 Å². The molecule has 7 heteroatoms. The van der Waals surface area contributed by atoms with E-state index in [1.165, 1.54) is 16.7 Å². The van der Waals surface area contributed by atoms with Gasteiger partial charge < -0.3 is 14.0 Å². The predicted molar refractivity (Wildman–Crippen MR) is 101 cm³/mol. The standard InChI is InChI=1S/C17H16N2O3S2/c1-18-8-4-5-11(18)9-15-16(20)19(17(23)24-15)13-7-6-12(21-2)10-14(13)22-3/h4-10H,1-3H3/b15-9+. The molecular formula is C17H16N2O3S2. The second-order valence-electron chi connectivity index (χ2n) is 5.10. The minimum atomic E-state index is -0.158. The number of carbonyl (C=O) groups excluding carboxylic acids is 1. The maximum atomic E-state index is 12.8. The monoisotopic (exact) mass is 360 g/mol. The highest BCUT2D eigenvalue weighted by Gasteiger charge is 2.35. The van der Waals surface area contributed by atoms with Crippen LogP contribution in [0.15, 0.2) is 41.4 Å². The molecule has 124 valence electrons. The van der Waals surface area contributed by atoms with Gasteiger partial charge in [-0.25, -0.2) is 0 Å². The summed E-state index contributed by atoms with van der Waals surface area (Å²) in [6.07, 6.45) is 3.77. The minimum absolute atomic E-state index is 0.158. The highest BCUT2D eigenvalue weighted by Crippen LogP contribution is 2.41. The number of hydrogen-bond donors (Lipinski definition) is 0. The summed E-state index contributed by atoms with van der Waals surface area (Å²) in [7, 11) is 5.06. The number of carbonyl (C=O) groups is 1. The van der Waals surface area contributed by atoms with Gasteiger partial charge >= 0.3 is 0 Å². The Morgan fingerprint density at radius 3 is 2.62 bits per heavy atom. The number of thiocarbonyl (C=S) groups is 1. The number of amides is 1. The minimum Gasteiger partial charge on any atom is -0.497 e. The van der Waals surface area contributed by atoms with Crippen LogP contribution in [0.1, 0.15) is 5.69 Å². The van der Waals surface area contributed by atoms with E-state index >= 15 is 0 Å². The average molecular weight is 360 g/mol. The van der Waals surface area contributed by atoms with Gasteiger partial charge in [0.15, 0.2) is 4.32 Å². The average Bonchev–Trinajstić information content (AvgIpc) is 3.11. The molecule has 0 radical (unpaired) electrons. The Balaban J connectivity index is 1.98. The summed E-state index contributed by atoms with van der Waals surface area (Å²) in [5.74, 6) is 1.03. The zero-order chi connectivity index (χ0) is 17.3. The second-order valence-corrected chi connectivity index (χ2v) is 6.77. The normalized spacial score (nSPS) is 16.1. The van der Waals surface area contributed by atoms with Gasteiger partial charge in [-0.1, -0.05) is 24.0 Å². The lowest BCUT2D eigenvalue weighted by Crippen LogP contribution is -2.27. The molecule has 1 saturated heterocycles. The summed E-state index contributed by atoms with van der Waals surface area (Å²) in [6.45, 7) is 0. The van der Waals surface area contributed by atoms with Crippen molar-refractivity contribution < 1.29 is 14.3 Å². The van der Waals surface area contributed by atoms with E-state index in [0.717, 1.165) is 5.69 Å². The van der Waals surface area contributed by atoms with Crippen molar-refractivity contribution in [1.29, 1.82) is 0 Å². The van der Waals surface area contributed by atoms with E-state index in [1.54, 1.807) is 32.4 Å². The van der Waals surface area contributed by atoms with Crippen molar-refractivity contribution in [2.24, 2.45) is 7.05 Å². The SMILES string of the molecule is COc1ccc(N2C(=O)/C(=C\c3cccn3C)SC2=S)c(OC)c1. The van der Waals surface area contributed by atoms with Crippen LogP contribution in [-0.4, -0.2) is 29.0 Å². The lowest BCUT2D eigenvalue weighted by molar-refractivity contribution is -0.113. The first-order valence-electron chi connectivity index (χ1n) is 7.16. The Morgan fingerprint density at radius 2 is 2.00 bits per heavy atom. The molecule has 1 aromatic carbocycles. The van der Waals surface area contributed by atoms with Gasteiger partial charge in [0.25, 0.3) is 5.91 Å². The first-order chi connectivity index (χ1) is 11.5. The molecule has 3 rings (SSSR count). The molecule has 0 aliphatic carbocycles. The number of aromatic nitrogens is 1. The summed E-state index contributed by atoms with van der Waals surface area (Å²) in [5, 5.41) is 0. The third-order valence-corrected chi connectivity index (χ3v) is 4.99. The van der Waals surface area contributed by atoms with E-state index in [4.69, 9.17) is 21.7 Å². The van der Waals surface area contributed by atoms with E-state index in [1.807, 2.05) is 36.0 Å². The highest BCUT2D eigenvalue weighted by atomic mass is 32.2. The third kappa shape index (κ3) is 2.92. The first-order valence-corrected chi connectivity index (χ1v) is 8.39. The van der Waals surface area contributed by atoms with Crippen molar-refractivity contribution in [3.8, 4) is 11.5 Å². The summed E-state index contributed by atoms with van der Waals surface area (Å²) >= 11 is 6.69. The molecule has 2 aromatic rings.